The van der Waals surface area contributed by atoms with E-state index in [1.807, 2.05) is 0 Å². The lowest BCUT2D eigenvalue weighted by Crippen LogP contribution is -2.30. The lowest BCUT2D eigenvalue weighted by atomic mass is 9.82. The van der Waals surface area contributed by atoms with Crippen LogP contribution in [-0.4, -0.2) is 48.7 Å². The SMILES string of the molecule is CCS(=O)(=O)CCCOc1cncc(B(O)O)c1. The molecule has 1 rings (SSSR count). The minimum Gasteiger partial charge on any atom is -0.492 e. The zero-order valence-electron chi connectivity index (χ0n) is 10.1. The van der Waals surface area contributed by atoms with Crippen LogP contribution in [0.3, 0.4) is 0 Å². The fourth-order valence-corrected chi connectivity index (χ4v) is 2.12. The van der Waals surface area contributed by atoms with Gasteiger partial charge >= 0.3 is 7.12 Å². The van der Waals surface area contributed by atoms with Crippen molar-refractivity contribution in [2.45, 2.75) is 13.3 Å². The van der Waals surface area contributed by atoms with Crippen LogP contribution in [0.15, 0.2) is 18.5 Å². The largest absolute Gasteiger partial charge is 0.492 e. The molecule has 0 unspecified atom stereocenters. The highest BCUT2D eigenvalue weighted by Crippen LogP contribution is 2.06. The molecule has 0 fully saturated rings. The first kappa shape index (κ1) is 14.9. The van der Waals surface area contributed by atoms with Crippen LogP contribution in [-0.2, 0) is 9.84 Å². The van der Waals surface area contributed by atoms with E-state index in [4.69, 9.17) is 14.8 Å². The van der Waals surface area contributed by atoms with Gasteiger partial charge in [0.05, 0.1) is 18.6 Å². The average Bonchev–Trinajstić information content (AvgIpc) is 2.35. The van der Waals surface area contributed by atoms with Crippen molar-refractivity contribution in [1.82, 2.24) is 4.98 Å². The summed E-state index contributed by atoms with van der Waals surface area (Å²) in [7, 11) is -4.57. The quantitative estimate of drug-likeness (QED) is 0.487. The predicted molar refractivity (Wildman–Crippen MR) is 68.5 cm³/mol. The average molecular weight is 273 g/mol. The molecular formula is C10H16BNO5S. The molecule has 0 radical (unpaired) electrons. The van der Waals surface area contributed by atoms with E-state index in [9.17, 15) is 8.42 Å². The Labute approximate surface area is 107 Å². The highest BCUT2D eigenvalue weighted by molar-refractivity contribution is 7.91. The highest BCUT2D eigenvalue weighted by Gasteiger charge is 2.12. The normalized spacial score (nSPS) is 11.3. The molecule has 2 N–H and O–H groups in total. The second kappa shape index (κ2) is 6.72. The molecule has 0 saturated carbocycles. The topological polar surface area (TPSA) is 96.7 Å². The molecule has 1 heterocycles. The summed E-state index contributed by atoms with van der Waals surface area (Å²) in [6, 6.07) is 1.45. The van der Waals surface area contributed by atoms with Crippen LogP contribution in [0.1, 0.15) is 13.3 Å². The Morgan fingerprint density at radius 1 is 1.39 bits per heavy atom. The van der Waals surface area contributed by atoms with Crippen molar-refractivity contribution < 1.29 is 23.2 Å². The summed E-state index contributed by atoms with van der Waals surface area (Å²) in [6.45, 7) is 1.85. The van der Waals surface area contributed by atoms with Crippen LogP contribution < -0.4 is 10.2 Å². The second-order valence-electron chi connectivity index (χ2n) is 3.77. The van der Waals surface area contributed by atoms with Gasteiger partial charge in [0.15, 0.2) is 0 Å². The number of ether oxygens (including phenoxy) is 1. The summed E-state index contributed by atoms with van der Waals surface area (Å²) in [6.07, 6.45) is 3.14. The first-order chi connectivity index (χ1) is 8.44. The Hall–Kier alpha value is -1.12. The molecule has 0 saturated heterocycles. The summed E-state index contributed by atoms with van der Waals surface area (Å²) in [5.41, 5.74) is 0.230. The Bertz CT molecular complexity index is 477. The van der Waals surface area contributed by atoms with Crippen molar-refractivity contribution in [3.05, 3.63) is 18.5 Å². The van der Waals surface area contributed by atoms with Crippen LogP contribution in [0.25, 0.3) is 0 Å². The van der Waals surface area contributed by atoms with E-state index in [2.05, 4.69) is 4.98 Å². The summed E-state index contributed by atoms with van der Waals surface area (Å²) < 4.78 is 27.7. The number of hydrogen-bond acceptors (Lipinski definition) is 6. The van der Waals surface area contributed by atoms with Crippen molar-refractivity contribution >= 4 is 22.4 Å². The molecule has 1 aromatic heterocycles. The first-order valence-electron chi connectivity index (χ1n) is 5.59. The molecule has 6 nitrogen and oxygen atoms in total. The number of nitrogens with zero attached hydrogens (tertiary/aromatic N) is 1. The molecular weight excluding hydrogens is 257 g/mol. The lowest BCUT2D eigenvalue weighted by Gasteiger charge is -2.07. The molecule has 0 amide bonds. The first-order valence-corrected chi connectivity index (χ1v) is 7.41. The van der Waals surface area contributed by atoms with Gasteiger partial charge in [-0.2, -0.15) is 0 Å². The van der Waals surface area contributed by atoms with Gasteiger partial charge in [-0.3, -0.25) is 4.98 Å². The molecule has 18 heavy (non-hydrogen) atoms. The summed E-state index contributed by atoms with van der Waals surface area (Å²) >= 11 is 0. The van der Waals surface area contributed by atoms with Crippen molar-refractivity contribution in [3.63, 3.8) is 0 Å². The summed E-state index contributed by atoms with van der Waals surface area (Å²) in [5, 5.41) is 17.9. The summed E-state index contributed by atoms with van der Waals surface area (Å²) in [5.74, 6) is 0.592. The van der Waals surface area contributed by atoms with E-state index in [1.54, 1.807) is 6.92 Å². The van der Waals surface area contributed by atoms with E-state index >= 15 is 0 Å². The van der Waals surface area contributed by atoms with Gasteiger partial charge in [-0.25, -0.2) is 8.42 Å². The monoisotopic (exact) mass is 273 g/mol. The van der Waals surface area contributed by atoms with Gasteiger partial charge in [0.2, 0.25) is 0 Å². The van der Waals surface area contributed by atoms with Crippen molar-refractivity contribution in [3.8, 4) is 5.75 Å². The fraction of sp³-hybridized carbons (Fsp3) is 0.500. The van der Waals surface area contributed by atoms with Gasteiger partial charge < -0.3 is 14.8 Å². The van der Waals surface area contributed by atoms with Crippen molar-refractivity contribution in [1.29, 1.82) is 0 Å². The number of hydrogen-bond donors (Lipinski definition) is 2. The number of rotatable bonds is 7. The molecule has 0 spiro atoms. The van der Waals surface area contributed by atoms with Crippen molar-refractivity contribution in [2.75, 3.05) is 18.1 Å². The van der Waals surface area contributed by atoms with E-state index in [0.29, 0.717) is 12.2 Å². The van der Waals surface area contributed by atoms with Gasteiger partial charge in [0, 0.05) is 17.4 Å². The highest BCUT2D eigenvalue weighted by atomic mass is 32.2. The zero-order chi connectivity index (χ0) is 13.6. The van der Waals surface area contributed by atoms with Gasteiger partial charge in [0.1, 0.15) is 15.6 Å². The fourth-order valence-electron chi connectivity index (χ4n) is 1.27. The van der Waals surface area contributed by atoms with Crippen LogP contribution in [0.4, 0.5) is 0 Å². The maximum atomic E-state index is 11.2. The number of sulfone groups is 1. The zero-order valence-corrected chi connectivity index (χ0v) is 10.9. The molecule has 100 valence electrons. The third-order valence-electron chi connectivity index (χ3n) is 2.34. The Kier molecular flexibility index (Phi) is 5.58. The molecule has 0 aliphatic carbocycles. The smallest absolute Gasteiger partial charge is 0.490 e. The molecule has 8 heteroatoms. The Balaban J connectivity index is 2.42. The van der Waals surface area contributed by atoms with Gasteiger partial charge in [-0.05, 0) is 12.5 Å². The van der Waals surface area contributed by atoms with Crippen LogP contribution >= 0.6 is 0 Å². The predicted octanol–water partition coefficient (Wildman–Crippen LogP) is -1.04. The van der Waals surface area contributed by atoms with E-state index in [0.717, 1.165) is 0 Å². The lowest BCUT2D eigenvalue weighted by molar-refractivity contribution is 0.316. The minimum absolute atomic E-state index is 0.0826. The maximum absolute atomic E-state index is 11.2. The van der Waals surface area contributed by atoms with Crippen LogP contribution in [0.2, 0.25) is 0 Å². The standard InChI is InChI=1S/C10H16BNO5S/c1-2-18(15,16)5-3-4-17-10-6-9(11(13)14)7-12-8-10/h6-8,13-14H,2-5H2,1H3. The Morgan fingerprint density at radius 2 is 2.11 bits per heavy atom. The Morgan fingerprint density at radius 3 is 2.72 bits per heavy atom. The van der Waals surface area contributed by atoms with Crippen LogP contribution in [0, 0.1) is 0 Å². The van der Waals surface area contributed by atoms with E-state index in [1.165, 1.54) is 18.5 Å². The molecule has 1 aromatic rings. The second-order valence-corrected chi connectivity index (χ2v) is 6.24. The van der Waals surface area contributed by atoms with E-state index in [-0.39, 0.29) is 23.6 Å². The summed E-state index contributed by atoms with van der Waals surface area (Å²) in [4.78, 5) is 3.79. The molecule has 0 aliphatic heterocycles. The third kappa shape index (κ3) is 5.03. The molecule has 0 aromatic carbocycles. The van der Waals surface area contributed by atoms with Crippen molar-refractivity contribution in [2.24, 2.45) is 0 Å². The van der Waals surface area contributed by atoms with Gasteiger partial charge in [0.25, 0.3) is 0 Å². The van der Waals surface area contributed by atoms with Crippen LogP contribution in [0.5, 0.6) is 5.75 Å². The molecule has 0 bridgehead atoms. The number of pyridine rings is 1. The molecule has 0 atom stereocenters. The van der Waals surface area contributed by atoms with Gasteiger partial charge in [-0.15, -0.1) is 0 Å². The molecule has 0 aliphatic rings. The number of aromatic nitrogens is 1. The van der Waals surface area contributed by atoms with E-state index < -0.39 is 17.0 Å². The third-order valence-corrected chi connectivity index (χ3v) is 4.13. The maximum Gasteiger partial charge on any atom is 0.490 e. The van der Waals surface area contributed by atoms with Gasteiger partial charge in [-0.1, -0.05) is 6.92 Å². The minimum atomic E-state index is -2.97.